The Morgan fingerprint density at radius 3 is 2.74 bits per heavy atom. The van der Waals surface area contributed by atoms with Crippen molar-refractivity contribution in [2.24, 2.45) is 0 Å². The van der Waals surface area contributed by atoms with Gasteiger partial charge in [-0.2, -0.15) is 0 Å². The molecule has 4 nitrogen and oxygen atoms in total. The monoisotopic (exact) mass is 367 g/mol. The highest BCUT2D eigenvalue weighted by Gasteiger charge is 2.27. The second-order valence-electron chi connectivity index (χ2n) is 6.90. The highest BCUT2D eigenvalue weighted by Crippen LogP contribution is 2.30. The molecule has 1 saturated heterocycles. The van der Waals surface area contributed by atoms with E-state index in [1.165, 1.54) is 6.07 Å². The summed E-state index contributed by atoms with van der Waals surface area (Å²) >= 11 is 0. The minimum absolute atomic E-state index is 0.0874. The van der Waals surface area contributed by atoms with Gasteiger partial charge >= 0.3 is 0 Å². The number of hydrogen-bond acceptors (Lipinski definition) is 3. The van der Waals surface area contributed by atoms with Crippen LogP contribution in [0.3, 0.4) is 0 Å². The molecular formula is C21H19F2N3O. The molecule has 27 heavy (non-hydrogen) atoms. The van der Waals surface area contributed by atoms with Crippen molar-refractivity contribution in [3.05, 3.63) is 71.4 Å². The van der Waals surface area contributed by atoms with Crippen LogP contribution in [0.25, 0.3) is 10.9 Å². The Morgan fingerprint density at radius 1 is 1.19 bits per heavy atom. The van der Waals surface area contributed by atoms with Gasteiger partial charge in [0.25, 0.3) is 0 Å². The molecule has 6 heteroatoms. The molecule has 3 aromatic rings. The van der Waals surface area contributed by atoms with Crippen molar-refractivity contribution in [3.63, 3.8) is 0 Å². The Labute approximate surface area is 155 Å². The molecule has 0 bridgehead atoms. The van der Waals surface area contributed by atoms with Crippen LogP contribution in [0.15, 0.2) is 48.5 Å². The van der Waals surface area contributed by atoms with Gasteiger partial charge in [-0.1, -0.05) is 30.3 Å². The predicted octanol–water partition coefficient (Wildman–Crippen LogP) is 3.37. The molecule has 0 saturated carbocycles. The first kappa shape index (κ1) is 17.4. The fourth-order valence-corrected chi connectivity index (χ4v) is 3.64. The minimum Gasteiger partial charge on any atom is -0.360 e. The fraction of sp³-hybridized carbons (Fsp3) is 0.238. The number of amides is 1. The van der Waals surface area contributed by atoms with Crippen molar-refractivity contribution in [2.75, 3.05) is 18.0 Å². The first-order valence-electron chi connectivity index (χ1n) is 8.84. The number of carbonyl (C=O) groups is 1. The van der Waals surface area contributed by atoms with E-state index in [1.54, 1.807) is 13.0 Å². The van der Waals surface area contributed by atoms with Crippen molar-refractivity contribution >= 4 is 22.5 Å². The van der Waals surface area contributed by atoms with Crippen molar-refractivity contribution in [1.29, 1.82) is 0 Å². The van der Waals surface area contributed by atoms with Crippen LogP contribution in [0, 0.1) is 18.6 Å². The Morgan fingerprint density at radius 2 is 1.96 bits per heavy atom. The molecule has 1 aliphatic heterocycles. The summed E-state index contributed by atoms with van der Waals surface area (Å²) in [5.41, 5.74) is 2.49. The summed E-state index contributed by atoms with van der Waals surface area (Å²) < 4.78 is 28.0. The molecule has 1 aliphatic rings. The Kier molecular flexibility index (Phi) is 4.48. The number of carbonyl (C=O) groups excluding carboxylic acids is 1. The zero-order chi connectivity index (χ0) is 19.0. The summed E-state index contributed by atoms with van der Waals surface area (Å²) in [6.07, 6.45) is 0.688. The number of hydrogen-bond donors (Lipinski definition) is 1. The molecule has 1 amide bonds. The maximum atomic E-state index is 14.2. The van der Waals surface area contributed by atoms with Crippen LogP contribution in [0.4, 0.5) is 14.5 Å². The molecule has 1 fully saturated rings. The number of piperazine rings is 1. The highest BCUT2D eigenvalue weighted by molar-refractivity contribution is 5.95. The number of nitrogens with one attached hydrogen (secondary N) is 1. The molecule has 1 aromatic heterocycles. The smallest absolute Gasteiger partial charge is 0.239 e. The summed E-state index contributed by atoms with van der Waals surface area (Å²) in [6.45, 7) is 2.45. The van der Waals surface area contributed by atoms with Crippen molar-refractivity contribution in [3.8, 4) is 0 Å². The van der Waals surface area contributed by atoms with E-state index in [9.17, 15) is 13.6 Å². The molecule has 4 rings (SSSR count). The first-order valence-corrected chi connectivity index (χ1v) is 8.84. The van der Waals surface area contributed by atoms with Crippen molar-refractivity contribution in [1.82, 2.24) is 10.3 Å². The predicted molar refractivity (Wildman–Crippen MR) is 101 cm³/mol. The molecule has 2 heterocycles. The van der Waals surface area contributed by atoms with Gasteiger partial charge in [0.2, 0.25) is 5.91 Å². The van der Waals surface area contributed by atoms with Crippen LogP contribution in [0.1, 0.15) is 11.3 Å². The lowest BCUT2D eigenvalue weighted by Crippen LogP contribution is -2.55. The highest BCUT2D eigenvalue weighted by atomic mass is 19.1. The van der Waals surface area contributed by atoms with Gasteiger partial charge in [-0.05, 0) is 31.0 Å². The molecule has 0 radical (unpaired) electrons. The minimum atomic E-state index is -0.697. The average Bonchev–Trinajstić information content (AvgIpc) is 2.62. The van der Waals surface area contributed by atoms with Crippen molar-refractivity contribution < 1.29 is 13.6 Å². The zero-order valence-corrected chi connectivity index (χ0v) is 14.9. The topological polar surface area (TPSA) is 45.2 Å². The van der Waals surface area contributed by atoms with Gasteiger partial charge in [-0.3, -0.25) is 4.79 Å². The summed E-state index contributed by atoms with van der Waals surface area (Å²) in [5, 5.41) is 3.39. The SMILES string of the molecule is Cc1cc(N2CC(=O)N[C@@H](Cc3ccccc3)C2)c2cc(F)cc(F)c2n1. The maximum absolute atomic E-state index is 14.2. The van der Waals surface area contributed by atoms with Crippen LogP contribution in [-0.2, 0) is 11.2 Å². The number of aryl methyl sites for hydroxylation is 1. The number of fused-ring (bicyclic) bond motifs is 1. The quantitative estimate of drug-likeness (QED) is 0.772. The van der Waals surface area contributed by atoms with Crippen LogP contribution < -0.4 is 10.2 Å². The Bertz CT molecular complexity index is 1010. The number of rotatable bonds is 3. The van der Waals surface area contributed by atoms with Gasteiger partial charge in [-0.15, -0.1) is 0 Å². The molecular weight excluding hydrogens is 348 g/mol. The number of pyridine rings is 1. The van der Waals surface area contributed by atoms with E-state index < -0.39 is 11.6 Å². The molecule has 138 valence electrons. The third-order valence-corrected chi connectivity index (χ3v) is 4.74. The second kappa shape index (κ2) is 6.95. The van der Waals surface area contributed by atoms with E-state index in [0.29, 0.717) is 29.7 Å². The van der Waals surface area contributed by atoms with Crippen molar-refractivity contribution in [2.45, 2.75) is 19.4 Å². The largest absolute Gasteiger partial charge is 0.360 e. The lowest BCUT2D eigenvalue weighted by Gasteiger charge is -2.35. The van der Waals surface area contributed by atoms with Gasteiger partial charge in [0, 0.05) is 29.4 Å². The van der Waals surface area contributed by atoms with Crippen LogP contribution in [0.5, 0.6) is 0 Å². The number of benzene rings is 2. The Balaban J connectivity index is 1.71. The average molecular weight is 367 g/mol. The van der Waals surface area contributed by atoms with E-state index >= 15 is 0 Å². The van der Waals surface area contributed by atoms with Gasteiger partial charge in [0.1, 0.15) is 11.3 Å². The molecule has 2 aromatic carbocycles. The summed E-state index contributed by atoms with van der Waals surface area (Å²) in [4.78, 5) is 18.4. The first-order chi connectivity index (χ1) is 13.0. The molecule has 0 spiro atoms. The van der Waals surface area contributed by atoms with Gasteiger partial charge in [0.15, 0.2) is 5.82 Å². The zero-order valence-electron chi connectivity index (χ0n) is 14.9. The maximum Gasteiger partial charge on any atom is 0.239 e. The lowest BCUT2D eigenvalue weighted by atomic mass is 10.0. The molecule has 0 unspecified atom stereocenters. The second-order valence-corrected chi connectivity index (χ2v) is 6.90. The molecule has 1 N–H and O–H groups in total. The van der Waals surface area contributed by atoms with E-state index in [1.807, 2.05) is 35.2 Å². The number of aromatic nitrogens is 1. The lowest BCUT2D eigenvalue weighted by molar-refractivity contribution is -0.121. The third-order valence-electron chi connectivity index (χ3n) is 4.74. The molecule has 0 aliphatic carbocycles. The van der Waals surface area contributed by atoms with Gasteiger partial charge < -0.3 is 10.2 Å². The number of halogens is 2. The van der Waals surface area contributed by atoms with E-state index in [2.05, 4.69) is 10.3 Å². The van der Waals surface area contributed by atoms with Gasteiger partial charge in [-0.25, -0.2) is 13.8 Å². The number of nitrogens with zero attached hydrogens (tertiary/aromatic N) is 2. The van der Waals surface area contributed by atoms with E-state index in [0.717, 1.165) is 11.6 Å². The molecule has 1 atom stereocenters. The third kappa shape index (κ3) is 3.60. The van der Waals surface area contributed by atoms with Crippen LogP contribution in [0.2, 0.25) is 0 Å². The van der Waals surface area contributed by atoms with E-state index in [-0.39, 0.29) is 24.0 Å². The number of anilines is 1. The Hall–Kier alpha value is -3.02. The standard InChI is InChI=1S/C21H19F2N3O/c1-13-7-19(17-9-15(22)10-18(23)21(17)24-13)26-11-16(25-20(27)12-26)8-14-5-3-2-4-6-14/h2-7,9-10,16H,8,11-12H2,1H3,(H,25,27)/t16-/m0/s1. The summed E-state index contributed by atoms with van der Waals surface area (Å²) in [7, 11) is 0. The van der Waals surface area contributed by atoms with Crippen LogP contribution in [-0.4, -0.2) is 30.0 Å². The van der Waals surface area contributed by atoms with Gasteiger partial charge in [0.05, 0.1) is 12.6 Å². The summed E-state index contributed by atoms with van der Waals surface area (Å²) in [5.74, 6) is -1.46. The fourth-order valence-electron chi connectivity index (χ4n) is 3.64. The normalized spacial score (nSPS) is 17.2. The van der Waals surface area contributed by atoms with Crippen LogP contribution >= 0.6 is 0 Å². The van der Waals surface area contributed by atoms with E-state index in [4.69, 9.17) is 0 Å². The summed E-state index contributed by atoms with van der Waals surface area (Å²) in [6, 6.07) is 13.7.